The summed E-state index contributed by atoms with van der Waals surface area (Å²) in [6.45, 7) is 2.28. The largest absolute Gasteiger partial charge is 0.309 e. The Balaban J connectivity index is 1.47. The van der Waals surface area contributed by atoms with E-state index in [1.54, 1.807) is 0 Å². The van der Waals surface area contributed by atoms with Gasteiger partial charge in [0.1, 0.15) is 0 Å². The number of rotatable bonds is 3. The molecule has 0 N–H and O–H groups in total. The fourth-order valence-corrected chi connectivity index (χ4v) is 6.59. The highest BCUT2D eigenvalue weighted by molar-refractivity contribution is 6.26. The van der Waals surface area contributed by atoms with Gasteiger partial charge in [0.05, 0.1) is 22.1 Å². The van der Waals surface area contributed by atoms with E-state index in [1.807, 2.05) is 0 Å². The van der Waals surface area contributed by atoms with Gasteiger partial charge in [0.15, 0.2) is 0 Å². The lowest BCUT2D eigenvalue weighted by atomic mass is 9.94. The molecule has 0 amide bonds. The Bertz CT molecular complexity index is 2050. The molecule has 8 rings (SSSR count). The Morgan fingerprint density at radius 1 is 0.667 bits per heavy atom. The first kappa shape index (κ1) is 22.4. The minimum atomic E-state index is 0.609. The molecule has 2 aromatic heterocycles. The first-order chi connectivity index (χ1) is 19.3. The Labute approximate surface area is 228 Å². The third kappa shape index (κ3) is 3.41. The smallest absolute Gasteiger partial charge is 0.0641 e. The van der Waals surface area contributed by atoms with Gasteiger partial charge in [0.25, 0.3) is 0 Å². The zero-order valence-electron chi connectivity index (χ0n) is 22.1. The Kier molecular flexibility index (Phi) is 5.03. The van der Waals surface area contributed by atoms with E-state index < -0.39 is 0 Å². The van der Waals surface area contributed by atoms with E-state index in [0.29, 0.717) is 5.92 Å². The number of benzene rings is 4. The SMILES string of the molecule is CC1C=CC(c2cccc(-n3c4ccccc4c4c5c(ccc43)c3ccccc3n5C3=CCCC=C3)c2)=CC1. The molecule has 1 unspecified atom stereocenters. The van der Waals surface area contributed by atoms with E-state index >= 15 is 0 Å². The fourth-order valence-electron chi connectivity index (χ4n) is 6.59. The van der Waals surface area contributed by atoms with E-state index in [9.17, 15) is 0 Å². The highest BCUT2D eigenvalue weighted by Crippen LogP contribution is 2.42. The summed E-state index contributed by atoms with van der Waals surface area (Å²) in [4.78, 5) is 0. The molecule has 2 heteroatoms. The van der Waals surface area contributed by atoms with Crippen molar-refractivity contribution in [3.63, 3.8) is 0 Å². The van der Waals surface area contributed by atoms with Crippen LogP contribution in [0.25, 0.3) is 60.6 Å². The van der Waals surface area contributed by atoms with Crippen molar-refractivity contribution in [2.24, 2.45) is 5.92 Å². The molecule has 6 aromatic rings. The standard InChI is InChI=1S/C37H30N2/c1-25-18-20-26(21-19-25)27-10-9-13-29(24-27)38-34-17-8-6-15-32(34)36-35(38)23-22-31-30-14-5-7-16-33(30)39(37(31)36)28-11-3-2-4-12-28/h3,5-18,20-25H,2,4,19H2,1H3. The lowest BCUT2D eigenvalue weighted by molar-refractivity contribution is 0.739. The summed E-state index contributed by atoms with van der Waals surface area (Å²) in [5.41, 5.74) is 10.1. The average molecular weight is 503 g/mol. The molecule has 4 aromatic carbocycles. The number of hydrogen-bond donors (Lipinski definition) is 0. The molecule has 2 heterocycles. The lowest BCUT2D eigenvalue weighted by Gasteiger charge is -2.14. The molecule has 188 valence electrons. The van der Waals surface area contributed by atoms with Crippen LogP contribution in [0.2, 0.25) is 0 Å². The van der Waals surface area contributed by atoms with Gasteiger partial charge in [-0.1, -0.05) is 91.9 Å². The minimum absolute atomic E-state index is 0.609. The van der Waals surface area contributed by atoms with Gasteiger partial charge in [-0.2, -0.15) is 0 Å². The molecule has 2 aliphatic rings. The van der Waals surface area contributed by atoms with Crippen LogP contribution in [0.4, 0.5) is 0 Å². The van der Waals surface area contributed by atoms with Gasteiger partial charge in [-0.05, 0) is 72.7 Å². The molecule has 2 nitrogen and oxygen atoms in total. The van der Waals surface area contributed by atoms with Crippen molar-refractivity contribution in [1.29, 1.82) is 0 Å². The average Bonchev–Trinajstić information content (AvgIpc) is 3.51. The van der Waals surface area contributed by atoms with E-state index in [0.717, 1.165) is 19.3 Å². The van der Waals surface area contributed by atoms with E-state index in [2.05, 4.69) is 137 Å². The maximum atomic E-state index is 2.49. The molecule has 0 radical (unpaired) electrons. The predicted molar refractivity (Wildman–Crippen MR) is 167 cm³/mol. The van der Waals surface area contributed by atoms with Crippen LogP contribution in [0.15, 0.2) is 121 Å². The van der Waals surface area contributed by atoms with E-state index in [4.69, 9.17) is 0 Å². The van der Waals surface area contributed by atoms with Crippen molar-refractivity contribution in [3.05, 3.63) is 127 Å². The van der Waals surface area contributed by atoms with Crippen LogP contribution < -0.4 is 0 Å². The molecule has 0 aliphatic heterocycles. The molecule has 0 saturated heterocycles. The fraction of sp³-hybridized carbons (Fsp3) is 0.135. The number of hydrogen-bond acceptors (Lipinski definition) is 0. The van der Waals surface area contributed by atoms with Crippen LogP contribution in [-0.2, 0) is 0 Å². The van der Waals surface area contributed by atoms with Gasteiger partial charge < -0.3 is 9.13 Å². The Morgan fingerprint density at radius 2 is 1.49 bits per heavy atom. The molecule has 0 fully saturated rings. The Morgan fingerprint density at radius 3 is 2.28 bits per heavy atom. The first-order valence-corrected chi connectivity index (χ1v) is 14.1. The van der Waals surface area contributed by atoms with Crippen LogP contribution in [-0.4, -0.2) is 9.13 Å². The van der Waals surface area contributed by atoms with Crippen molar-refractivity contribution in [1.82, 2.24) is 9.13 Å². The third-order valence-corrected chi connectivity index (χ3v) is 8.46. The molecule has 1 atom stereocenters. The second-order valence-corrected chi connectivity index (χ2v) is 11.0. The third-order valence-electron chi connectivity index (χ3n) is 8.46. The van der Waals surface area contributed by atoms with Crippen molar-refractivity contribution in [2.45, 2.75) is 26.2 Å². The molecular formula is C37H30N2. The number of fused-ring (bicyclic) bond motifs is 7. The zero-order valence-corrected chi connectivity index (χ0v) is 22.1. The molecule has 0 bridgehead atoms. The second-order valence-electron chi connectivity index (χ2n) is 11.0. The number of para-hydroxylation sites is 2. The summed E-state index contributed by atoms with van der Waals surface area (Å²) in [5, 5.41) is 5.22. The maximum absolute atomic E-state index is 2.49. The van der Waals surface area contributed by atoms with E-state index in [1.165, 1.54) is 66.1 Å². The van der Waals surface area contributed by atoms with Crippen molar-refractivity contribution >= 4 is 54.9 Å². The lowest BCUT2D eigenvalue weighted by Crippen LogP contribution is -1.98. The van der Waals surface area contributed by atoms with Crippen molar-refractivity contribution < 1.29 is 0 Å². The van der Waals surface area contributed by atoms with Gasteiger partial charge in [-0.15, -0.1) is 0 Å². The molecule has 0 spiro atoms. The maximum Gasteiger partial charge on any atom is 0.0641 e. The molecule has 2 aliphatic carbocycles. The minimum Gasteiger partial charge on any atom is -0.309 e. The highest BCUT2D eigenvalue weighted by atomic mass is 15.0. The summed E-state index contributed by atoms with van der Waals surface area (Å²) < 4.78 is 4.95. The van der Waals surface area contributed by atoms with Crippen molar-refractivity contribution in [3.8, 4) is 5.69 Å². The van der Waals surface area contributed by atoms with Gasteiger partial charge in [0.2, 0.25) is 0 Å². The van der Waals surface area contributed by atoms with Crippen molar-refractivity contribution in [2.75, 3.05) is 0 Å². The van der Waals surface area contributed by atoms with Gasteiger partial charge in [-0.25, -0.2) is 0 Å². The predicted octanol–water partition coefficient (Wildman–Crippen LogP) is 10.1. The summed E-state index contributed by atoms with van der Waals surface area (Å²) in [5.74, 6) is 0.609. The topological polar surface area (TPSA) is 9.86 Å². The number of nitrogens with zero attached hydrogens (tertiary/aromatic N) is 2. The summed E-state index contributed by atoms with van der Waals surface area (Å²) >= 11 is 0. The monoisotopic (exact) mass is 502 g/mol. The Hall–Kier alpha value is -4.56. The second kappa shape index (κ2) is 8.74. The summed E-state index contributed by atoms with van der Waals surface area (Å²) in [6.07, 6.45) is 17.3. The summed E-state index contributed by atoms with van der Waals surface area (Å²) in [7, 11) is 0. The number of allylic oxidation sites excluding steroid dienone is 8. The zero-order chi connectivity index (χ0) is 25.9. The van der Waals surface area contributed by atoms with Gasteiger partial charge in [0, 0.05) is 32.9 Å². The van der Waals surface area contributed by atoms with Crippen LogP contribution in [0.1, 0.15) is 31.7 Å². The van der Waals surface area contributed by atoms with Crippen LogP contribution >= 0.6 is 0 Å². The summed E-state index contributed by atoms with van der Waals surface area (Å²) in [6, 6.07) is 31.4. The van der Waals surface area contributed by atoms with Crippen LogP contribution in [0, 0.1) is 5.92 Å². The first-order valence-electron chi connectivity index (χ1n) is 14.1. The molecule has 39 heavy (non-hydrogen) atoms. The quantitative estimate of drug-likeness (QED) is 0.228. The van der Waals surface area contributed by atoms with Gasteiger partial charge >= 0.3 is 0 Å². The van der Waals surface area contributed by atoms with Crippen LogP contribution in [0.5, 0.6) is 0 Å². The number of aromatic nitrogens is 2. The normalized spacial score (nSPS) is 17.4. The van der Waals surface area contributed by atoms with E-state index in [-0.39, 0.29) is 0 Å². The molecular weight excluding hydrogens is 472 g/mol. The van der Waals surface area contributed by atoms with Gasteiger partial charge in [-0.3, -0.25) is 0 Å². The van der Waals surface area contributed by atoms with Crippen LogP contribution in [0.3, 0.4) is 0 Å². The highest BCUT2D eigenvalue weighted by Gasteiger charge is 2.21. The molecule has 0 saturated carbocycles.